The zero-order chi connectivity index (χ0) is 13.0. The predicted molar refractivity (Wildman–Crippen MR) is 64.8 cm³/mol. The average Bonchev–Trinajstić information content (AvgIpc) is 2.55. The first-order chi connectivity index (χ1) is 7.95. The van der Waals surface area contributed by atoms with Crippen molar-refractivity contribution in [2.45, 2.75) is 39.7 Å². The zero-order valence-corrected chi connectivity index (χ0v) is 10.8. The Morgan fingerprint density at radius 2 is 2.06 bits per heavy atom. The Morgan fingerprint density at radius 1 is 1.41 bits per heavy atom. The molecular formula is C12H22N2O3. The number of carboxylic acid groups (broad SMARTS) is 1. The summed E-state index contributed by atoms with van der Waals surface area (Å²) >= 11 is 0. The lowest BCUT2D eigenvalue weighted by atomic mass is 10.1. The van der Waals surface area contributed by atoms with E-state index in [0.29, 0.717) is 12.5 Å². The molecule has 1 fully saturated rings. The molecular weight excluding hydrogens is 220 g/mol. The van der Waals surface area contributed by atoms with Gasteiger partial charge in [-0.2, -0.15) is 0 Å². The summed E-state index contributed by atoms with van der Waals surface area (Å²) in [4.78, 5) is 26.2. The molecule has 2 amide bonds. The standard InChI is InChI=1S/C12H22N2O3/c1-4-5-13(8-11(15)16)12(17)14-7-9(2)6-10(14)3/h9-10H,4-8H2,1-3H3,(H,15,16). The first-order valence-electron chi connectivity index (χ1n) is 6.23. The molecule has 0 saturated carbocycles. The molecule has 0 aromatic rings. The number of carboxylic acids is 1. The van der Waals surface area contributed by atoms with E-state index < -0.39 is 5.97 Å². The molecule has 0 bridgehead atoms. The minimum atomic E-state index is -0.952. The van der Waals surface area contributed by atoms with Gasteiger partial charge in [0.05, 0.1) is 0 Å². The van der Waals surface area contributed by atoms with Crippen LogP contribution in [0.5, 0.6) is 0 Å². The number of rotatable bonds is 4. The highest BCUT2D eigenvalue weighted by molar-refractivity contribution is 5.80. The number of nitrogens with zero attached hydrogens (tertiary/aromatic N) is 2. The minimum absolute atomic E-state index is 0.133. The lowest BCUT2D eigenvalue weighted by Crippen LogP contribution is -2.47. The van der Waals surface area contributed by atoms with E-state index in [9.17, 15) is 9.59 Å². The molecule has 1 aliphatic heterocycles. The molecule has 5 heteroatoms. The van der Waals surface area contributed by atoms with Crippen molar-refractivity contribution < 1.29 is 14.7 Å². The van der Waals surface area contributed by atoms with E-state index in [4.69, 9.17) is 5.11 Å². The quantitative estimate of drug-likeness (QED) is 0.815. The van der Waals surface area contributed by atoms with Crippen molar-refractivity contribution in [1.82, 2.24) is 9.80 Å². The third kappa shape index (κ3) is 3.61. The molecule has 1 aliphatic rings. The number of likely N-dealkylation sites (tertiary alicyclic amines) is 1. The maximum Gasteiger partial charge on any atom is 0.323 e. The highest BCUT2D eigenvalue weighted by Gasteiger charge is 2.32. The number of amides is 2. The second kappa shape index (κ2) is 5.89. The number of hydrogen-bond acceptors (Lipinski definition) is 2. The van der Waals surface area contributed by atoms with Gasteiger partial charge in [-0.1, -0.05) is 13.8 Å². The third-order valence-electron chi connectivity index (χ3n) is 3.12. The van der Waals surface area contributed by atoms with Crippen molar-refractivity contribution >= 4 is 12.0 Å². The van der Waals surface area contributed by atoms with Gasteiger partial charge in [-0.15, -0.1) is 0 Å². The topological polar surface area (TPSA) is 60.9 Å². The summed E-state index contributed by atoms with van der Waals surface area (Å²) in [6, 6.07) is 0.0803. The number of carbonyl (C=O) groups excluding carboxylic acids is 1. The van der Waals surface area contributed by atoms with Crippen LogP contribution in [-0.4, -0.2) is 52.6 Å². The molecule has 5 nitrogen and oxygen atoms in total. The third-order valence-corrected chi connectivity index (χ3v) is 3.12. The molecule has 2 atom stereocenters. The minimum Gasteiger partial charge on any atom is -0.480 e. The van der Waals surface area contributed by atoms with Crippen LogP contribution in [0.25, 0.3) is 0 Å². The largest absolute Gasteiger partial charge is 0.480 e. The van der Waals surface area contributed by atoms with Gasteiger partial charge < -0.3 is 14.9 Å². The van der Waals surface area contributed by atoms with Gasteiger partial charge in [-0.05, 0) is 25.7 Å². The molecule has 1 rings (SSSR count). The zero-order valence-electron chi connectivity index (χ0n) is 10.8. The van der Waals surface area contributed by atoms with Crippen molar-refractivity contribution in [3.63, 3.8) is 0 Å². The first kappa shape index (κ1) is 13.8. The number of hydrogen-bond donors (Lipinski definition) is 1. The smallest absolute Gasteiger partial charge is 0.323 e. The summed E-state index contributed by atoms with van der Waals surface area (Å²) in [5, 5.41) is 8.81. The van der Waals surface area contributed by atoms with Crippen LogP contribution in [0.2, 0.25) is 0 Å². The van der Waals surface area contributed by atoms with E-state index in [-0.39, 0.29) is 18.6 Å². The van der Waals surface area contributed by atoms with Crippen molar-refractivity contribution in [2.75, 3.05) is 19.6 Å². The Balaban J connectivity index is 2.66. The van der Waals surface area contributed by atoms with E-state index >= 15 is 0 Å². The van der Waals surface area contributed by atoms with E-state index in [1.165, 1.54) is 4.90 Å². The van der Waals surface area contributed by atoms with Gasteiger partial charge in [0.2, 0.25) is 0 Å². The van der Waals surface area contributed by atoms with Crippen molar-refractivity contribution in [2.24, 2.45) is 5.92 Å². The predicted octanol–water partition coefficient (Wildman–Crippen LogP) is 1.63. The van der Waals surface area contributed by atoms with Crippen LogP contribution in [0, 0.1) is 5.92 Å². The van der Waals surface area contributed by atoms with Crippen LogP contribution >= 0.6 is 0 Å². The normalized spacial score (nSPS) is 23.8. The maximum atomic E-state index is 12.2. The average molecular weight is 242 g/mol. The van der Waals surface area contributed by atoms with Crippen molar-refractivity contribution in [3.8, 4) is 0 Å². The van der Waals surface area contributed by atoms with Gasteiger partial charge in [0, 0.05) is 19.1 Å². The van der Waals surface area contributed by atoms with E-state index in [2.05, 4.69) is 6.92 Å². The fourth-order valence-electron chi connectivity index (χ4n) is 2.42. The maximum absolute atomic E-state index is 12.2. The van der Waals surface area contributed by atoms with Gasteiger partial charge in [0.25, 0.3) is 0 Å². The highest BCUT2D eigenvalue weighted by Crippen LogP contribution is 2.23. The lowest BCUT2D eigenvalue weighted by Gasteiger charge is -2.29. The van der Waals surface area contributed by atoms with Crippen LogP contribution in [0.15, 0.2) is 0 Å². The molecule has 0 radical (unpaired) electrons. The Hall–Kier alpha value is -1.26. The number of aliphatic carboxylic acids is 1. The van der Waals surface area contributed by atoms with Crippen LogP contribution in [-0.2, 0) is 4.79 Å². The second-order valence-electron chi connectivity index (χ2n) is 4.94. The number of carbonyl (C=O) groups is 2. The van der Waals surface area contributed by atoms with E-state index in [0.717, 1.165) is 19.4 Å². The Bertz CT molecular complexity index is 293. The molecule has 0 aromatic heterocycles. The fourth-order valence-corrected chi connectivity index (χ4v) is 2.42. The Morgan fingerprint density at radius 3 is 2.47 bits per heavy atom. The first-order valence-corrected chi connectivity index (χ1v) is 6.23. The molecule has 17 heavy (non-hydrogen) atoms. The second-order valence-corrected chi connectivity index (χ2v) is 4.94. The van der Waals surface area contributed by atoms with E-state index in [1.54, 1.807) is 4.90 Å². The molecule has 1 saturated heterocycles. The molecule has 0 spiro atoms. The van der Waals surface area contributed by atoms with Crippen molar-refractivity contribution in [1.29, 1.82) is 0 Å². The Labute approximate surface area is 102 Å². The lowest BCUT2D eigenvalue weighted by molar-refractivity contribution is -0.137. The van der Waals surface area contributed by atoms with E-state index in [1.807, 2.05) is 13.8 Å². The van der Waals surface area contributed by atoms with Gasteiger partial charge in [0.1, 0.15) is 6.54 Å². The fraction of sp³-hybridized carbons (Fsp3) is 0.833. The summed E-state index contributed by atoms with van der Waals surface area (Å²) in [6.07, 6.45) is 1.77. The highest BCUT2D eigenvalue weighted by atomic mass is 16.4. The van der Waals surface area contributed by atoms with Gasteiger partial charge in [0.15, 0.2) is 0 Å². The van der Waals surface area contributed by atoms with Crippen LogP contribution in [0.1, 0.15) is 33.6 Å². The molecule has 98 valence electrons. The molecule has 1 N–H and O–H groups in total. The SMILES string of the molecule is CCCN(CC(=O)O)C(=O)N1CC(C)CC1C. The molecule has 0 aliphatic carbocycles. The van der Waals surface area contributed by atoms with Crippen molar-refractivity contribution in [3.05, 3.63) is 0 Å². The summed E-state index contributed by atoms with van der Waals surface area (Å²) in [5.74, 6) is -0.450. The molecule has 1 heterocycles. The van der Waals surface area contributed by atoms with Crippen LogP contribution in [0.3, 0.4) is 0 Å². The van der Waals surface area contributed by atoms with Crippen LogP contribution in [0.4, 0.5) is 4.79 Å². The van der Waals surface area contributed by atoms with Gasteiger partial charge >= 0.3 is 12.0 Å². The summed E-state index contributed by atoms with van der Waals surface area (Å²) in [5.41, 5.74) is 0. The van der Waals surface area contributed by atoms with Gasteiger partial charge in [-0.25, -0.2) is 4.79 Å². The summed E-state index contributed by atoms with van der Waals surface area (Å²) < 4.78 is 0. The molecule has 0 aromatic carbocycles. The summed E-state index contributed by atoms with van der Waals surface area (Å²) in [6.45, 7) is 7.11. The molecule has 2 unspecified atom stereocenters. The summed E-state index contributed by atoms with van der Waals surface area (Å²) in [7, 11) is 0. The Kier molecular flexibility index (Phi) is 4.78. The number of urea groups is 1. The monoisotopic (exact) mass is 242 g/mol. The van der Waals surface area contributed by atoms with Gasteiger partial charge in [-0.3, -0.25) is 4.79 Å². The van der Waals surface area contributed by atoms with Crippen LogP contribution < -0.4 is 0 Å².